The number of carbonyl (C=O) groups excluding carboxylic acids is 1. The van der Waals surface area contributed by atoms with Crippen LogP contribution in [0.15, 0.2) is 35.8 Å². The van der Waals surface area contributed by atoms with Gasteiger partial charge < -0.3 is 10.4 Å². The standard InChI is InChI=1S/C13H11NO2S2/c1-2-4-8-5-3-6-9(11(8)15)7-10-12(16)14-13(17)18-10/h2-3,5-7,15H,1,4H2,(H,14,16,17)/b10-7+. The molecule has 0 saturated carbocycles. The van der Waals surface area contributed by atoms with Crippen LogP contribution in [0.2, 0.25) is 0 Å². The number of hydrogen-bond acceptors (Lipinski definition) is 4. The van der Waals surface area contributed by atoms with Gasteiger partial charge in [-0.2, -0.15) is 0 Å². The van der Waals surface area contributed by atoms with Gasteiger partial charge in [0.2, 0.25) is 0 Å². The number of phenolic OH excluding ortho intramolecular Hbond substituents is 1. The molecule has 1 saturated heterocycles. The van der Waals surface area contributed by atoms with Gasteiger partial charge in [-0.1, -0.05) is 48.3 Å². The molecule has 1 aromatic carbocycles. The molecule has 3 nitrogen and oxygen atoms in total. The molecule has 0 aromatic heterocycles. The van der Waals surface area contributed by atoms with E-state index in [1.165, 1.54) is 11.8 Å². The summed E-state index contributed by atoms with van der Waals surface area (Å²) in [5, 5.41) is 12.6. The Morgan fingerprint density at radius 1 is 1.50 bits per heavy atom. The first kappa shape index (κ1) is 12.9. The van der Waals surface area contributed by atoms with E-state index < -0.39 is 0 Å². The van der Waals surface area contributed by atoms with Crippen molar-refractivity contribution in [2.24, 2.45) is 0 Å². The molecule has 0 bridgehead atoms. The van der Waals surface area contributed by atoms with E-state index in [1.807, 2.05) is 12.1 Å². The van der Waals surface area contributed by atoms with Crippen LogP contribution in [0.4, 0.5) is 0 Å². The minimum absolute atomic E-state index is 0.177. The molecule has 1 fully saturated rings. The Morgan fingerprint density at radius 3 is 2.89 bits per heavy atom. The molecule has 0 spiro atoms. The number of benzene rings is 1. The van der Waals surface area contributed by atoms with Gasteiger partial charge in [-0.3, -0.25) is 4.79 Å². The van der Waals surface area contributed by atoms with E-state index in [-0.39, 0.29) is 11.7 Å². The number of allylic oxidation sites excluding steroid dienone is 1. The molecular weight excluding hydrogens is 266 g/mol. The van der Waals surface area contributed by atoms with Gasteiger partial charge in [-0.05, 0) is 18.1 Å². The number of amides is 1. The molecule has 0 unspecified atom stereocenters. The smallest absolute Gasteiger partial charge is 0.263 e. The fraction of sp³-hybridized carbons (Fsp3) is 0.0769. The van der Waals surface area contributed by atoms with E-state index in [0.29, 0.717) is 21.2 Å². The predicted octanol–water partition coefficient (Wildman–Crippen LogP) is 2.61. The average molecular weight is 277 g/mol. The topological polar surface area (TPSA) is 49.3 Å². The van der Waals surface area contributed by atoms with Crippen LogP contribution in [0.1, 0.15) is 11.1 Å². The highest BCUT2D eigenvalue weighted by Crippen LogP contribution is 2.30. The monoisotopic (exact) mass is 277 g/mol. The van der Waals surface area contributed by atoms with Crippen LogP contribution in [-0.2, 0) is 11.2 Å². The summed E-state index contributed by atoms with van der Waals surface area (Å²) in [7, 11) is 0. The van der Waals surface area contributed by atoms with E-state index in [9.17, 15) is 9.90 Å². The van der Waals surface area contributed by atoms with Gasteiger partial charge in [-0.25, -0.2) is 0 Å². The first-order valence-electron chi connectivity index (χ1n) is 5.28. The van der Waals surface area contributed by atoms with Crippen LogP contribution in [0.3, 0.4) is 0 Å². The third kappa shape index (κ3) is 2.63. The van der Waals surface area contributed by atoms with Gasteiger partial charge in [0.1, 0.15) is 10.1 Å². The Bertz CT molecular complexity index is 564. The van der Waals surface area contributed by atoms with Gasteiger partial charge >= 0.3 is 0 Å². The Labute approximate surface area is 115 Å². The molecule has 0 radical (unpaired) electrons. The largest absolute Gasteiger partial charge is 0.507 e. The molecule has 2 rings (SSSR count). The van der Waals surface area contributed by atoms with Crippen molar-refractivity contribution in [2.45, 2.75) is 6.42 Å². The lowest BCUT2D eigenvalue weighted by Crippen LogP contribution is -2.17. The zero-order valence-electron chi connectivity index (χ0n) is 9.47. The van der Waals surface area contributed by atoms with Crippen LogP contribution < -0.4 is 5.32 Å². The van der Waals surface area contributed by atoms with Crippen molar-refractivity contribution in [3.05, 3.63) is 46.9 Å². The normalized spacial score (nSPS) is 17.0. The zero-order chi connectivity index (χ0) is 13.1. The molecule has 1 aliphatic heterocycles. The Kier molecular flexibility index (Phi) is 3.84. The molecule has 5 heteroatoms. The number of aromatic hydroxyl groups is 1. The summed E-state index contributed by atoms with van der Waals surface area (Å²) >= 11 is 6.10. The van der Waals surface area contributed by atoms with Crippen molar-refractivity contribution < 1.29 is 9.90 Å². The van der Waals surface area contributed by atoms with Gasteiger partial charge in [0, 0.05) is 5.56 Å². The van der Waals surface area contributed by atoms with Gasteiger partial charge in [0.05, 0.1) is 4.91 Å². The number of rotatable bonds is 3. The Hall–Kier alpha value is -1.59. The summed E-state index contributed by atoms with van der Waals surface area (Å²) in [5.41, 5.74) is 1.39. The number of carbonyl (C=O) groups is 1. The summed E-state index contributed by atoms with van der Waals surface area (Å²) in [4.78, 5) is 12.0. The van der Waals surface area contributed by atoms with Crippen LogP contribution >= 0.6 is 24.0 Å². The van der Waals surface area contributed by atoms with Crippen LogP contribution in [-0.4, -0.2) is 15.3 Å². The predicted molar refractivity (Wildman–Crippen MR) is 78.3 cm³/mol. The van der Waals surface area contributed by atoms with Crippen LogP contribution in [0, 0.1) is 0 Å². The quantitative estimate of drug-likeness (QED) is 0.506. The maximum absolute atomic E-state index is 11.5. The maximum atomic E-state index is 11.5. The Balaban J connectivity index is 2.37. The van der Waals surface area contributed by atoms with Crippen molar-refractivity contribution in [1.29, 1.82) is 0 Å². The van der Waals surface area contributed by atoms with Gasteiger partial charge in [0.25, 0.3) is 5.91 Å². The van der Waals surface area contributed by atoms with Gasteiger partial charge in [0.15, 0.2) is 0 Å². The molecule has 1 heterocycles. The fourth-order valence-corrected chi connectivity index (χ4v) is 2.65. The second kappa shape index (κ2) is 5.37. The van der Waals surface area contributed by atoms with Crippen LogP contribution in [0.25, 0.3) is 6.08 Å². The summed E-state index contributed by atoms with van der Waals surface area (Å²) in [6, 6.07) is 5.41. The molecule has 0 aliphatic carbocycles. The van der Waals surface area contributed by atoms with Crippen molar-refractivity contribution in [1.82, 2.24) is 5.32 Å². The summed E-state index contributed by atoms with van der Waals surface area (Å²) in [6.07, 6.45) is 3.94. The number of thioether (sulfide) groups is 1. The van der Waals surface area contributed by atoms with E-state index >= 15 is 0 Å². The minimum atomic E-state index is -0.224. The number of para-hydroxylation sites is 1. The number of nitrogens with one attached hydrogen (secondary N) is 1. The second-order valence-electron chi connectivity index (χ2n) is 3.70. The van der Waals surface area contributed by atoms with Crippen molar-refractivity contribution >= 4 is 40.3 Å². The summed E-state index contributed by atoms with van der Waals surface area (Å²) in [6.45, 7) is 3.64. The lowest BCUT2D eigenvalue weighted by Gasteiger charge is -2.05. The maximum Gasteiger partial charge on any atom is 0.263 e. The lowest BCUT2D eigenvalue weighted by atomic mass is 10.1. The van der Waals surface area contributed by atoms with Gasteiger partial charge in [-0.15, -0.1) is 6.58 Å². The number of phenols is 1. The second-order valence-corrected chi connectivity index (χ2v) is 5.42. The molecule has 1 amide bonds. The first-order chi connectivity index (χ1) is 8.61. The highest BCUT2D eigenvalue weighted by molar-refractivity contribution is 8.26. The van der Waals surface area contributed by atoms with Crippen molar-refractivity contribution in [3.63, 3.8) is 0 Å². The van der Waals surface area contributed by atoms with Crippen molar-refractivity contribution in [2.75, 3.05) is 0 Å². The third-order valence-electron chi connectivity index (χ3n) is 2.44. The molecule has 18 heavy (non-hydrogen) atoms. The van der Waals surface area contributed by atoms with E-state index in [1.54, 1.807) is 18.2 Å². The Morgan fingerprint density at radius 2 is 2.28 bits per heavy atom. The molecule has 1 aromatic rings. The zero-order valence-corrected chi connectivity index (χ0v) is 11.1. The van der Waals surface area contributed by atoms with Crippen molar-refractivity contribution in [3.8, 4) is 5.75 Å². The summed E-state index contributed by atoms with van der Waals surface area (Å²) in [5.74, 6) is -0.0466. The first-order valence-corrected chi connectivity index (χ1v) is 6.51. The highest BCUT2D eigenvalue weighted by atomic mass is 32.2. The average Bonchev–Trinajstić information content (AvgIpc) is 2.63. The highest BCUT2D eigenvalue weighted by Gasteiger charge is 2.22. The van der Waals surface area contributed by atoms with E-state index in [0.717, 1.165) is 5.56 Å². The molecule has 92 valence electrons. The SMILES string of the molecule is C=CCc1cccc(/C=C2/SC(=S)NC2=O)c1O. The number of thiocarbonyl (C=S) groups is 1. The molecule has 0 atom stereocenters. The number of hydrogen-bond donors (Lipinski definition) is 2. The van der Waals surface area contributed by atoms with E-state index in [2.05, 4.69) is 11.9 Å². The molecule has 2 N–H and O–H groups in total. The summed E-state index contributed by atoms with van der Waals surface area (Å²) < 4.78 is 0.438. The minimum Gasteiger partial charge on any atom is -0.507 e. The molecule has 1 aliphatic rings. The third-order valence-corrected chi connectivity index (χ3v) is 3.61. The van der Waals surface area contributed by atoms with E-state index in [4.69, 9.17) is 12.2 Å². The molecular formula is C13H11NO2S2. The lowest BCUT2D eigenvalue weighted by molar-refractivity contribution is -0.115. The fourth-order valence-electron chi connectivity index (χ4n) is 1.61. The van der Waals surface area contributed by atoms with Crippen LogP contribution in [0.5, 0.6) is 5.75 Å².